The van der Waals surface area contributed by atoms with Gasteiger partial charge in [0.1, 0.15) is 16.9 Å². The Morgan fingerprint density at radius 1 is 1.39 bits per heavy atom. The molecule has 0 saturated heterocycles. The molecule has 1 atom stereocenters. The lowest BCUT2D eigenvalue weighted by Gasteiger charge is -2.34. The lowest BCUT2D eigenvalue weighted by atomic mass is 9.71. The second-order valence-electron chi connectivity index (χ2n) is 8.23. The highest BCUT2D eigenvalue weighted by Gasteiger charge is 2.30. The van der Waals surface area contributed by atoms with Crippen molar-refractivity contribution in [1.29, 1.82) is 5.26 Å². The quantitative estimate of drug-likeness (QED) is 0.749. The van der Waals surface area contributed by atoms with Crippen LogP contribution in [0.2, 0.25) is 0 Å². The fraction of sp³-hybridized carbons (Fsp3) is 0.455. The molecule has 3 rings (SSSR count). The van der Waals surface area contributed by atoms with Crippen LogP contribution in [0.5, 0.6) is 0 Å². The molecule has 0 saturated carbocycles. The average Bonchev–Trinajstić information content (AvgIpc) is 2.67. The summed E-state index contributed by atoms with van der Waals surface area (Å²) in [5.74, 6) is 1.65. The second-order valence-corrected chi connectivity index (χ2v) is 9.31. The van der Waals surface area contributed by atoms with E-state index in [1.807, 2.05) is 12.1 Å². The minimum absolute atomic E-state index is 0.0873. The number of fused-ring (bicyclic) bond motifs is 1. The zero-order valence-corrected chi connectivity index (χ0v) is 17.5. The van der Waals surface area contributed by atoms with Crippen LogP contribution in [0.4, 0.5) is 5.82 Å². The van der Waals surface area contributed by atoms with Crippen molar-refractivity contribution in [2.24, 2.45) is 11.3 Å². The molecule has 5 nitrogen and oxygen atoms in total. The van der Waals surface area contributed by atoms with Crippen molar-refractivity contribution < 1.29 is 4.79 Å². The Bertz CT molecular complexity index is 884. The Kier molecular flexibility index (Phi) is 6.35. The van der Waals surface area contributed by atoms with Gasteiger partial charge in [-0.15, -0.1) is 11.8 Å². The SMILES string of the molecule is CC(C)(C)C1CCc2nc(SCCC(=O)Nc3ccccn3)c(C#N)cc2C1. The maximum Gasteiger partial charge on any atom is 0.226 e. The molecule has 0 aromatic carbocycles. The predicted molar refractivity (Wildman–Crippen MR) is 112 cm³/mol. The minimum Gasteiger partial charge on any atom is -0.311 e. The third kappa shape index (κ3) is 5.11. The largest absolute Gasteiger partial charge is 0.311 e. The van der Waals surface area contributed by atoms with Crippen LogP contribution >= 0.6 is 11.8 Å². The Balaban J connectivity index is 1.62. The van der Waals surface area contributed by atoms with E-state index >= 15 is 0 Å². The third-order valence-corrected chi connectivity index (χ3v) is 6.19. The van der Waals surface area contributed by atoms with Crippen LogP contribution < -0.4 is 5.32 Å². The van der Waals surface area contributed by atoms with Crippen molar-refractivity contribution >= 4 is 23.5 Å². The molecule has 0 spiro atoms. The van der Waals surface area contributed by atoms with Gasteiger partial charge in [0.25, 0.3) is 0 Å². The maximum absolute atomic E-state index is 12.1. The maximum atomic E-state index is 12.1. The van der Waals surface area contributed by atoms with Gasteiger partial charge >= 0.3 is 0 Å². The van der Waals surface area contributed by atoms with Gasteiger partial charge in [-0.3, -0.25) is 4.79 Å². The molecule has 146 valence electrons. The number of nitrogens with one attached hydrogen (secondary N) is 1. The first kappa shape index (κ1) is 20.3. The number of hydrogen-bond donors (Lipinski definition) is 1. The van der Waals surface area contributed by atoms with E-state index in [0.717, 1.165) is 30.0 Å². The summed E-state index contributed by atoms with van der Waals surface area (Å²) < 4.78 is 0. The summed E-state index contributed by atoms with van der Waals surface area (Å²) in [5.41, 5.74) is 3.20. The number of aromatic nitrogens is 2. The topological polar surface area (TPSA) is 78.7 Å². The summed E-state index contributed by atoms with van der Waals surface area (Å²) in [6.45, 7) is 6.84. The number of carbonyl (C=O) groups excluding carboxylic acids is 1. The van der Waals surface area contributed by atoms with E-state index in [4.69, 9.17) is 4.98 Å². The standard InChI is InChI=1S/C22H26N4OS/c1-22(2,3)17-7-8-18-15(13-17)12-16(14-23)21(25-18)28-11-9-20(27)26-19-6-4-5-10-24-19/h4-6,10,12,17H,7-9,11,13H2,1-3H3,(H,24,26,27). The van der Waals surface area contributed by atoms with E-state index < -0.39 is 0 Å². The zero-order valence-electron chi connectivity index (χ0n) is 16.7. The molecule has 28 heavy (non-hydrogen) atoms. The number of nitrogens with zero attached hydrogens (tertiary/aromatic N) is 3. The Morgan fingerprint density at radius 2 is 2.21 bits per heavy atom. The smallest absolute Gasteiger partial charge is 0.226 e. The molecule has 1 aliphatic rings. The van der Waals surface area contributed by atoms with E-state index in [1.165, 1.54) is 17.3 Å². The summed E-state index contributed by atoms with van der Waals surface area (Å²) in [4.78, 5) is 20.9. The number of anilines is 1. The first-order valence-electron chi connectivity index (χ1n) is 9.63. The molecule has 2 aromatic rings. The summed E-state index contributed by atoms with van der Waals surface area (Å²) >= 11 is 1.47. The van der Waals surface area contributed by atoms with Crippen molar-refractivity contribution in [3.05, 3.63) is 47.3 Å². The number of carbonyl (C=O) groups is 1. The fourth-order valence-electron chi connectivity index (χ4n) is 3.46. The van der Waals surface area contributed by atoms with Crippen molar-refractivity contribution in [3.63, 3.8) is 0 Å². The molecule has 0 bridgehead atoms. The van der Waals surface area contributed by atoms with Gasteiger partial charge in [0.15, 0.2) is 0 Å². The number of hydrogen-bond acceptors (Lipinski definition) is 5. The third-order valence-electron chi connectivity index (χ3n) is 5.20. The van der Waals surface area contributed by atoms with Crippen molar-refractivity contribution in [2.45, 2.75) is 51.5 Å². The average molecular weight is 395 g/mol. The van der Waals surface area contributed by atoms with E-state index in [1.54, 1.807) is 18.3 Å². The molecule has 0 aliphatic heterocycles. The van der Waals surface area contributed by atoms with Crippen LogP contribution in [0.15, 0.2) is 35.5 Å². The molecule has 0 fully saturated rings. The summed E-state index contributed by atoms with van der Waals surface area (Å²) in [5, 5.41) is 13.1. The molecule has 1 amide bonds. The molecule has 2 aromatic heterocycles. The van der Waals surface area contributed by atoms with Gasteiger partial charge in [-0.1, -0.05) is 26.8 Å². The highest BCUT2D eigenvalue weighted by molar-refractivity contribution is 7.99. The molecule has 1 N–H and O–H groups in total. The number of rotatable bonds is 5. The fourth-order valence-corrected chi connectivity index (χ4v) is 4.37. The molecular formula is C22H26N4OS. The summed E-state index contributed by atoms with van der Waals surface area (Å²) in [6.07, 6.45) is 5.06. The lowest BCUT2D eigenvalue weighted by Crippen LogP contribution is -2.27. The monoisotopic (exact) mass is 394 g/mol. The van der Waals surface area contributed by atoms with Gasteiger partial charge in [-0.2, -0.15) is 5.26 Å². The van der Waals surface area contributed by atoms with Gasteiger partial charge in [-0.05, 0) is 54.4 Å². The van der Waals surface area contributed by atoms with Crippen LogP contribution in [0.25, 0.3) is 0 Å². The lowest BCUT2D eigenvalue weighted by molar-refractivity contribution is -0.115. The Hall–Kier alpha value is -2.39. The number of aryl methyl sites for hydroxylation is 1. The molecule has 0 radical (unpaired) electrons. The van der Waals surface area contributed by atoms with Crippen LogP contribution in [-0.2, 0) is 17.6 Å². The van der Waals surface area contributed by atoms with Gasteiger partial charge in [0, 0.05) is 24.1 Å². The molecule has 1 unspecified atom stereocenters. The number of thioether (sulfide) groups is 1. The second kappa shape index (κ2) is 8.74. The van der Waals surface area contributed by atoms with Gasteiger partial charge in [0.05, 0.1) is 5.56 Å². The Labute approximate surface area is 171 Å². The highest BCUT2D eigenvalue weighted by atomic mass is 32.2. The van der Waals surface area contributed by atoms with Crippen molar-refractivity contribution in [1.82, 2.24) is 9.97 Å². The van der Waals surface area contributed by atoms with Crippen molar-refractivity contribution in [3.8, 4) is 6.07 Å². The minimum atomic E-state index is -0.0873. The van der Waals surface area contributed by atoms with E-state index in [-0.39, 0.29) is 11.3 Å². The van der Waals surface area contributed by atoms with Crippen LogP contribution in [-0.4, -0.2) is 21.6 Å². The summed E-state index contributed by atoms with van der Waals surface area (Å²) in [7, 11) is 0. The number of pyridine rings is 2. The van der Waals surface area contributed by atoms with Crippen LogP contribution in [0, 0.1) is 22.7 Å². The number of amides is 1. The van der Waals surface area contributed by atoms with Gasteiger partial charge < -0.3 is 5.32 Å². The molecule has 2 heterocycles. The molecule has 1 aliphatic carbocycles. The first-order chi connectivity index (χ1) is 13.4. The first-order valence-corrected chi connectivity index (χ1v) is 10.6. The molecule has 6 heteroatoms. The predicted octanol–water partition coefficient (Wildman–Crippen LogP) is 4.62. The molecular weight excluding hydrogens is 368 g/mol. The zero-order chi connectivity index (χ0) is 20.1. The van der Waals surface area contributed by atoms with Gasteiger partial charge in [-0.25, -0.2) is 9.97 Å². The summed E-state index contributed by atoms with van der Waals surface area (Å²) in [6, 6.07) is 9.69. The van der Waals surface area contributed by atoms with E-state index in [2.05, 4.69) is 37.1 Å². The van der Waals surface area contributed by atoms with Crippen molar-refractivity contribution in [2.75, 3.05) is 11.1 Å². The van der Waals surface area contributed by atoms with E-state index in [0.29, 0.717) is 29.5 Å². The highest BCUT2D eigenvalue weighted by Crippen LogP contribution is 2.38. The van der Waals surface area contributed by atoms with Crippen LogP contribution in [0.1, 0.15) is 50.4 Å². The number of nitriles is 1. The Morgan fingerprint density at radius 3 is 2.89 bits per heavy atom. The van der Waals surface area contributed by atoms with Crippen LogP contribution in [0.3, 0.4) is 0 Å². The van der Waals surface area contributed by atoms with E-state index in [9.17, 15) is 10.1 Å². The van der Waals surface area contributed by atoms with Gasteiger partial charge in [0.2, 0.25) is 5.91 Å². The normalized spacial score (nSPS) is 16.1.